The average Bonchev–Trinajstić information content (AvgIpc) is 2.68. The van der Waals surface area contributed by atoms with Crippen molar-refractivity contribution in [2.24, 2.45) is 0 Å². The summed E-state index contributed by atoms with van der Waals surface area (Å²) in [5.74, 6) is 0.705. The zero-order valence-electron chi connectivity index (χ0n) is 8.99. The summed E-state index contributed by atoms with van der Waals surface area (Å²) in [7, 11) is 0. The summed E-state index contributed by atoms with van der Waals surface area (Å²) in [6.07, 6.45) is 7.18. The molecular formula is C13H13ClN2. The van der Waals surface area contributed by atoms with E-state index < -0.39 is 0 Å². The number of aryl methyl sites for hydroxylation is 1. The van der Waals surface area contributed by atoms with E-state index in [4.69, 9.17) is 16.9 Å². The van der Waals surface area contributed by atoms with Crippen molar-refractivity contribution in [3.8, 4) is 6.19 Å². The van der Waals surface area contributed by atoms with Crippen molar-refractivity contribution < 1.29 is 0 Å². The molecule has 1 aromatic carbocycles. The standard InChI is InChI=1S/C13H13ClN2/c14-8-4-3-5-11-9-16(10-15)13-7-2-1-6-12(11)13/h1-2,6-7,9H,3-5,8H2. The lowest BCUT2D eigenvalue weighted by Gasteiger charge is -1.97. The first-order valence-electron chi connectivity index (χ1n) is 5.42. The van der Waals surface area contributed by atoms with E-state index in [1.54, 1.807) is 4.57 Å². The van der Waals surface area contributed by atoms with Gasteiger partial charge in [-0.1, -0.05) is 18.2 Å². The van der Waals surface area contributed by atoms with Gasteiger partial charge in [0.2, 0.25) is 0 Å². The van der Waals surface area contributed by atoms with E-state index in [9.17, 15) is 0 Å². The molecule has 1 heterocycles. The highest BCUT2D eigenvalue weighted by Crippen LogP contribution is 2.22. The molecule has 0 amide bonds. The molecule has 0 aliphatic heterocycles. The molecule has 0 fully saturated rings. The molecule has 82 valence electrons. The van der Waals surface area contributed by atoms with Crippen molar-refractivity contribution in [1.29, 1.82) is 5.26 Å². The first-order chi connectivity index (χ1) is 7.86. The van der Waals surface area contributed by atoms with Crippen LogP contribution in [0.15, 0.2) is 30.5 Å². The van der Waals surface area contributed by atoms with Gasteiger partial charge < -0.3 is 0 Å². The number of halogens is 1. The molecule has 0 unspecified atom stereocenters. The lowest BCUT2D eigenvalue weighted by atomic mass is 10.1. The van der Waals surface area contributed by atoms with E-state index >= 15 is 0 Å². The zero-order valence-corrected chi connectivity index (χ0v) is 9.74. The molecule has 2 nitrogen and oxygen atoms in total. The fourth-order valence-corrected chi connectivity index (χ4v) is 2.13. The number of para-hydroxylation sites is 1. The molecule has 0 aliphatic rings. The minimum Gasteiger partial charge on any atom is -0.254 e. The van der Waals surface area contributed by atoms with Gasteiger partial charge in [0.1, 0.15) is 0 Å². The Morgan fingerprint density at radius 3 is 2.81 bits per heavy atom. The number of hydrogen-bond donors (Lipinski definition) is 0. The molecule has 16 heavy (non-hydrogen) atoms. The Morgan fingerprint density at radius 1 is 1.25 bits per heavy atom. The van der Waals surface area contributed by atoms with E-state index in [2.05, 4.69) is 12.3 Å². The maximum absolute atomic E-state index is 9.01. The summed E-state index contributed by atoms with van der Waals surface area (Å²) in [4.78, 5) is 0. The van der Waals surface area contributed by atoms with Gasteiger partial charge in [0.05, 0.1) is 5.52 Å². The first-order valence-corrected chi connectivity index (χ1v) is 5.95. The minimum atomic E-state index is 0.705. The fourth-order valence-electron chi connectivity index (χ4n) is 1.94. The number of benzene rings is 1. The van der Waals surface area contributed by atoms with Crippen LogP contribution in [0.1, 0.15) is 18.4 Å². The van der Waals surface area contributed by atoms with Gasteiger partial charge >= 0.3 is 0 Å². The third-order valence-corrected chi connectivity index (χ3v) is 3.00. The van der Waals surface area contributed by atoms with Crippen molar-refractivity contribution in [3.63, 3.8) is 0 Å². The molecule has 2 aromatic rings. The van der Waals surface area contributed by atoms with Crippen LogP contribution in [-0.2, 0) is 6.42 Å². The second kappa shape index (κ2) is 5.05. The summed E-state index contributed by atoms with van der Waals surface area (Å²) in [6.45, 7) is 0. The Labute approximate surface area is 100 Å². The van der Waals surface area contributed by atoms with Gasteiger partial charge in [0, 0.05) is 17.5 Å². The highest BCUT2D eigenvalue weighted by Gasteiger charge is 2.06. The summed E-state index contributed by atoms with van der Waals surface area (Å²) in [5.41, 5.74) is 2.23. The summed E-state index contributed by atoms with van der Waals surface area (Å²) in [6, 6.07) is 8.01. The average molecular weight is 233 g/mol. The lowest BCUT2D eigenvalue weighted by molar-refractivity contribution is 0.802. The number of nitriles is 1. The maximum atomic E-state index is 9.01. The van der Waals surface area contributed by atoms with Crippen LogP contribution in [-0.4, -0.2) is 10.4 Å². The Kier molecular flexibility index (Phi) is 3.48. The lowest BCUT2D eigenvalue weighted by Crippen LogP contribution is -1.85. The van der Waals surface area contributed by atoms with Crippen molar-refractivity contribution in [3.05, 3.63) is 36.0 Å². The van der Waals surface area contributed by atoms with E-state index in [1.807, 2.05) is 24.4 Å². The third-order valence-electron chi connectivity index (χ3n) is 2.73. The van der Waals surface area contributed by atoms with Crippen LogP contribution in [0.5, 0.6) is 0 Å². The predicted octanol–water partition coefficient (Wildman–Crippen LogP) is 3.53. The van der Waals surface area contributed by atoms with Crippen LogP contribution in [0.4, 0.5) is 0 Å². The Balaban J connectivity index is 2.35. The van der Waals surface area contributed by atoms with E-state index in [0.717, 1.165) is 24.8 Å². The molecule has 0 aliphatic carbocycles. The number of unbranched alkanes of at least 4 members (excludes halogenated alkanes) is 1. The third kappa shape index (κ3) is 2.05. The topological polar surface area (TPSA) is 28.7 Å². The van der Waals surface area contributed by atoms with E-state index in [1.165, 1.54) is 10.9 Å². The van der Waals surface area contributed by atoms with Crippen LogP contribution < -0.4 is 0 Å². The van der Waals surface area contributed by atoms with Crippen LogP contribution in [0.25, 0.3) is 10.9 Å². The highest BCUT2D eigenvalue weighted by molar-refractivity contribution is 6.17. The van der Waals surface area contributed by atoms with Crippen LogP contribution in [0.3, 0.4) is 0 Å². The maximum Gasteiger partial charge on any atom is 0.188 e. The molecule has 0 N–H and O–H groups in total. The SMILES string of the molecule is N#Cn1cc(CCCCCl)c2ccccc21. The van der Waals surface area contributed by atoms with Gasteiger partial charge in [-0.3, -0.25) is 4.57 Å². The number of hydrogen-bond acceptors (Lipinski definition) is 1. The minimum absolute atomic E-state index is 0.705. The normalized spacial score (nSPS) is 10.5. The Morgan fingerprint density at radius 2 is 2.06 bits per heavy atom. The van der Waals surface area contributed by atoms with Gasteiger partial charge in [-0.05, 0) is 30.9 Å². The van der Waals surface area contributed by atoms with Gasteiger partial charge in [0.25, 0.3) is 0 Å². The van der Waals surface area contributed by atoms with E-state index in [-0.39, 0.29) is 0 Å². The molecule has 1 aromatic heterocycles. The number of nitrogens with zero attached hydrogens (tertiary/aromatic N) is 2. The molecule has 3 heteroatoms. The van der Waals surface area contributed by atoms with Crippen molar-refractivity contribution >= 4 is 22.5 Å². The molecule has 0 atom stereocenters. The molecule has 0 saturated carbocycles. The summed E-state index contributed by atoms with van der Waals surface area (Å²) < 4.78 is 1.63. The monoisotopic (exact) mass is 232 g/mol. The summed E-state index contributed by atoms with van der Waals surface area (Å²) in [5, 5.41) is 10.2. The van der Waals surface area contributed by atoms with Crippen molar-refractivity contribution in [2.45, 2.75) is 19.3 Å². The van der Waals surface area contributed by atoms with Gasteiger partial charge in [0.15, 0.2) is 6.19 Å². The molecule has 0 radical (unpaired) electrons. The summed E-state index contributed by atoms with van der Waals surface area (Å²) >= 11 is 5.66. The molecule has 0 bridgehead atoms. The zero-order chi connectivity index (χ0) is 11.4. The number of aromatic nitrogens is 1. The van der Waals surface area contributed by atoms with Crippen LogP contribution >= 0.6 is 11.6 Å². The second-order valence-corrected chi connectivity index (χ2v) is 4.17. The molecule has 2 rings (SSSR count). The Bertz CT molecular complexity index is 522. The molecular weight excluding hydrogens is 220 g/mol. The van der Waals surface area contributed by atoms with E-state index in [0.29, 0.717) is 5.88 Å². The second-order valence-electron chi connectivity index (χ2n) is 3.79. The van der Waals surface area contributed by atoms with Gasteiger partial charge in [-0.2, -0.15) is 5.26 Å². The van der Waals surface area contributed by atoms with Crippen LogP contribution in [0.2, 0.25) is 0 Å². The first kappa shape index (κ1) is 11.0. The molecule has 0 spiro atoms. The number of rotatable bonds is 4. The fraction of sp³-hybridized carbons (Fsp3) is 0.308. The van der Waals surface area contributed by atoms with Crippen molar-refractivity contribution in [2.75, 3.05) is 5.88 Å². The van der Waals surface area contributed by atoms with Gasteiger partial charge in [-0.25, -0.2) is 0 Å². The number of fused-ring (bicyclic) bond motifs is 1. The predicted molar refractivity (Wildman–Crippen MR) is 66.6 cm³/mol. The van der Waals surface area contributed by atoms with Crippen LogP contribution in [0, 0.1) is 11.5 Å². The Hall–Kier alpha value is -1.46. The highest BCUT2D eigenvalue weighted by atomic mass is 35.5. The number of alkyl halides is 1. The van der Waals surface area contributed by atoms with Gasteiger partial charge in [-0.15, -0.1) is 11.6 Å². The smallest absolute Gasteiger partial charge is 0.188 e. The molecule has 0 saturated heterocycles. The quantitative estimate of drug-likeness (QED) is 0.586. The largest absolute Gasteiger partial charge is 0.254 e. The van der Waals surface area contributed by atoms with Crippen molar-refractivity contribution in [1.82, 2.24) is 4.57 Å².